The Morgan fingerprint density at radius 3 is 2.34 bits per heavy atom. The maximum Gasteiger partial charge on any atom is 0.321 e. The highest BCUT2D eigenvalue weighted by molar-refractivity contribution is 8.15. The molecule has 150 valence electrons. The normalized spacial score (nSPS) is 17.8. The molecule has 0 atom stereocenters. The molecule has 2 aromatic rings. The van der Waals surface area contributed by atoms with Crippen LogP contribution in [0.1, 0.15) is 24.0 Å². The first-order valence-electron chi connectivity index (χ1n) is 9.61. The number of likely N-dealkylation sites (tertiary alicyclic amines) is 1. The van der Waals surface area contributed by atoms with E-state index in [2.05, 4.69) is 36.5 Å². The van der Waals surface area contributed by atoms with E-state index in [0.29, 0.717) is 31.6 Å². The lowest BCUT2D eigenvalue weighted by Gasteiger charge is -2.35. The average Bonchev–Trinajstić information content (AvgIpc) is 3.09. The van der Waals surface area contributed by atoms with Crippen LogP contribution in [0.4, 0.5) is 14.9 Å². The molecule has 1 saturated heterocycles. The zero-order valence-corrected chi connectivity index (χ0v) is 17.3. The minimum absolute atomic E-state index is 0.179. The largest absolute Gasteiger partial charge is 0.324 e. The topological polar surface area (TPSA) is 57.1 Å². The minimum Gasteiger partial charge on any atom is -0.324 e. The number of amides is 2. The van der Waals surface area contributed by atoms with Crippen molar-refractivity contribution in [2.24, 2.45) is 9.98 Å². The molecule has 2 amide bonds. The lowest BCUT2D eigenvalue weighted by Crippen LogP contribution is -2.46. The molecular weight excluding hydrogens is 387 g/mol. The first-order chi connectivity index (χ1) is 14.0. The van der Waals surface area contributed by atoms with Crippen LogP contribution in [-0.2, 0) is 0 Å². The van der Waals surface area contributed by atoms with Crippen LogP contribution in [0.25, 0.3) is 0 Å². The molecule has 1 fully saturated rings. The summed E-state index contributed by atoms with van der Waals surface area (Å²) in [6, 6.07) is 14.0. The average molecular weight is 411 g/mol. The van der Waals surface area contributed by atoms with E-state index in [1.807, 2.05) is 6.26 Å². The van der Waals surface area contributed by atoms with Gasteiger partial charge in [-0.05, 0) is 37.4 Å². The SMILES string of the molecule is CSC1=NC2(CCN(C(=O)Nc3ccc(F)cc3)CC2)N=C1c1ccc(C)cc1. The number of nitrogens with one attached hydrogen (secondary N) is 1. The Balaban J connectivity index is 1.45. The standard InChI is InChI=1S/C22H23FN4OS/c1-15-3-5-16(6-4-15)19-20(29-2)26-22(25-19)11-13-27(14-12-22)21(28)24-18-9-7-17(23)8-10-18/h3-10H,11-14H2,1-2H3,(H,24,28). The Morgan fingerprint density at radius 1 is 1.07 bits per heavy atom. The highest BCUT2D eigenvalue weighted by Gasteiger charge is 2.40. The maximum absolute atomic E-state index is 13.0. The third kappa shape index (κ3) is 4.19. The fraction of sp³-hybridized carbons (Fsp3) is 0.318. The number of urea groups is 1. The molecule has 2 aliphatic heterocycles. The van der Waals surface area contributed by atoms with E-state index in [4.69, 9.17) is 9.98 Å². The second-order valence-electron chi connectivity index (χ2n) is 7.35. The predicted octanol–water partition coefficient (Wildman–Crippen LogP) is 4.72. The number of nitrogens with zero attached hydrogens (tertiary/aromatic N) is 3. The number of benzene rings is 2. The summed E-state index contributed by atoms with van der Waals surface area (Å²) in [6.45, 7) is 3.21. The van der Waals surface area contributed by atoms with Crippen molar-refractivity contribution in [3.8, 4) is 0 Å². The first kappa shape index (κ1) is 19.6. The Hall–Kier alpha value is -2.67. The molecule has 2 heterocycles. The third-order valence-corrected chi connectivity index (χ3v) is 5.97. The molecule has 0 aliphatic carbocycles. The van der Waals surface area contributed by atoms with Crippen LogP contribution in [0, 0.1) is 12.7 Å². The smallest absolute Gasteiger partial charge is 0.321 e. The van der Waals surface area contributed by atoms with Crippen molar-refractivity contribution in [2.75, 3.05) is 24.7 Å². The van der Waals surface area contributed by atoms with Gasteiger partial charge in [0.2, 0.25) is 0 Å². The summed E-state index contributed by atoms with van der Waals surface area (Å²) >= 11 is 1.61. The van der Waals surface area contributed by atoms with Gasteiger partial charge in [-0.25, -0.2) is 14.2 Å². The molecule has 2 aliphatic rings. The molecule has 0 saturated carbocycles. The zero-order chi connectivity index (χ0) is 20.4. The van der Waals surface area contributed by atoms with Crippen molar-refractivity contribution in [1.29, 1.82) is 0 Å². The quantitative estimate of drug-likeness (QED) is 0.779. The molecule has 2 aromatic carbocycles. The molecule has 0 unspecified atom stereocenters. The minimum atomic E-state index is -0.481. The lowest BCUT2D eigenvalue weighted by molar-refractivity contribution is 0.175. The first-order valence-corrected chi connectivity index (χ1v) is 10.8. The van der Waals surface area contributed by atoms with E-state index in [1.54, 1.807) is 28.8 Å². The maximum atomic E-state index is 13.0. The van der Waals surface area contributed by atoms with E-state index in [-0.39, 0.29) is 11.8 Å². The van der Waals surface area contributed by atoms with Gasteiger partial charge in [0, 0.05) is 37.2 Å². The van der Waals surface area contributed by atoms with Gasteiger partial charge >= 0.3 is 6.03 Å². The number of carbonyl (C=O) groups is 1. The summed E-state index contributed by atoms with van der Waals surface area (Å²) < 4.78 is 13.0. The highest BCUT2D eigenvalue weighted by atomic mass is 32.2. The number of hydrogen-bond donors (Lipinski definition) is 1. The van der Waals surface area contributed by atoms with Crippen LogP contribution in [0.3, 0.4) is 0 Å². The summed E-state index contributed by atoms with van der Waals surface area (Å²) in [5, 5.41) is 3.78. The second kappa shape index (κ2) is 7.99. The fourth-order valence-electron chi connectivity index (χ4n) is 3.59. The predicted molar refractivity (Wildman–Crippen MR) is 118 cm³/mol. The van der Waals surface area contributed by atoms with E-state index in [9.17, 15) is 9.18 Å². The fourth-order valence-corrected chi connectivity index (χ4v) is 4.21. The molecule has 1 N–H and O–H groups in total. The van der Waals surface area contributed by atoms with Gasteiger partial charge in [0.15, 0.2) is 5.66 Å². The van der Waals surface area contributed by atoms with Gasteiger partial charge in [0.1, 0.15) is 10.9 Å². The molecule has 0 bridgehead atoms. The van der Waals surface area contributed by atoms with E-state index >= 15 is 0 Å². The number of rotatable bonds is 2. The van der Waals surface area contributed by atoms with Gasteiger partial charge in [0.25, 0.3) is 0 Å². The summed E-state index contributed by atoms with van der Waals surface area (Å²) in [7, 11) is 0. The summed E-state index contributed by atoms with van der Waals surface area (Å²) in [6.07, 6.45) is 3.39. The number of carbonyl (C=O) groups excluding carboxylic acids is 1. The lowest BCUT2D eigenvalue weighted by atomic mass is 9.98. The number of anilines is 1. The monoisotopic (exact) mass is 410 g/mol. The van der Waals surface area contributed by atoms with Crippen LogP contribution in [0.2, 0.25) is 0 Å². The Morgan fingerprint density at radius 2 is 1.72 bits per heavy atom. The van der Waals surface area contributed by atoms with E-state index in [1.165, 1.54) is 17.7 Å². The van der Waals surface area contributed by atoms with Crippen LogP contribution in [0.5, 0.6) is 0 Å². The molecule has 0 aromatic heterocycles. The molecule has 1 spiro atoms. The Labute approximate surface area is 174 Å². The van der Waals surface area contributed by atoms with Gasteiger partial charge in [-0.3, -0.25) is 4.99 Å². The van der Waals surface area contributed by atoms with Crippen molar-refractivity contribution in [3.63, 3.8) is 0 Å². The number of hydrogen-bond acceptors (Lipinski definition) is 4. The molecular formula is C22H23FN4OS. The number of thioether (sulfide) groups is 1. The second-order valence-corrected chi connectivity index (χ2v) is 8.15. The summed E-state index contributed by atoms with van der Waals surface area (Å²) in [5.41, 5.74) is 3.34. The molecule has 4 rings (SSSR count). The van der Waals surface area contributed by atoms with E-state index in [0.717, 1.165) is 16.3 Å². The number of aryl methyl sites for hydroxylation is 1. The van der Waals surface area contributed by atoms with Gasteiger partial charge < -0.3 is 10.2 Å². The van der Waals surface area contributed by atoms with Crippen LogP contribution in [-0.4, -0.2) is 46.7 Å². The van der Waals surface area contributed by atoms with Crippen LogP contribution >= 0.6 is 11.8 Å². The molecule has 7 heteroatoms. The van der Waals surface area contributed by atoms with E-state index < -0.39 is 5.66 Å². The zero-order valence-electron chi connectivity index (χ0n) is 16.5. The van der Waals surface area contributed by atoms with Gasteiger partial charge in [-0.1, -0.05) is 29.8 Å². The van der Waals surface area contributed by atoms with Crippen LogP contribution in [0.15, 0.2) is 58.5 Å². The van der Waals surface area contributed by atoms with Crippen molar-refractivity contribution in [2.45, 2.75) is 25.4 Å². The molecule has 29 heavy (non-hydrogen) atoms. The van der Waals surface area contributed by atoms with Gasteiger partial charge in [-0.15, -0.1) is 11.8 Å². The number of halogens is 1. The summed E-state index contributed by atoms with van der Waals surface area (Å²) in [4.78, 5) is 24.3. The third-order valence-electron chi connectivity index (χ3n) is 5.30. The van der Waals surface area contributed by atoms with Crippen molar-refractivity contribution >= 4 is 34.2 Å². The number of aliphatic imine (C=N–C) groups is 2. The Kier molecular flexibility index (Phi) is 5.41. The molecule has 0 radical (unpaired) electrons. The van der Waals surface area contributed by atoms with Crippen molar-refractivity contribution < 1.29 is 9.18 Å². The van der Waals surface area contributed by atoms with Crippen molar-refractivity contribution in [1.82, 2.24) is 4.90 Å². The van der Waals surface area contributed by atoms with Crippen LogP contribution < -0.4 is 5.32 Å². The summed E-state index contributed by atoms with van der Waals surface area (Å²) in [5.74, 6) is -0.325. The highest BCUT2D eigenvalue weighted by Crippen LogP contribution is 2.35. The Bertz CT molecular complexity index is 961. The van der Waals surface area contributed by atoms with Gasteiger partial charge in [0.05, 0.1) is 5.71 Å². The van der Waals surface area contributed by atoms with Crippen molar-refractivity contribution in [3.05, 3.63) is 65.5 Å². The van der Waals surface area contributed by atoms with Gasteiger partial charge in [-0.2, -0.15) is 0 Å². The number of piperidine rings is 1. The molecule has 5 nitrogen and oxygen atoms in total.